The second-order valence-electron chi connectivity index (χ2n) is 6.94. The van der Waals surface area contributed by atoms with E-state index in [9.17, 15) is 9.59 Å². The third-order valence-electron chi connectivity index (χ3n) is 4.55. The summed E-state index contributed by atoms with van der Waals surface area (Å²) in [6, 6.07) is 12.6. The van der Waals surface area contributed by atoms with E-state index in [1.807, 2.05) is 48.5 Å². The van der Waals surface area contributed by atoms with Crippen LogP contribution in [0.5, 0.6) is 0 Å². The van der Waals surface area contributed by atoms with Gasteiger partial charge in [-0.25, -0.2) is 0 Å². The second-order valence-corrected chi connectivity index (χ2v) is 7.76. The summed E-state index contributed by atoms with van der Waals surface area (Å²) in [7, 11) is 1.86. The smallest absolute Gasteiger partial charge is 0.310 e. The summed E-state index contributed by atoms with van der Waals surface area (Å²) in [5.74, 6) is -0.563. The number of hydrogen-bond acceptors (Lipinski definition) is 5. The topological polar surface area (TPSA) is 70.7 Å². The molecule has 0 aliphatic carbocycles. The lowest BCUT2D eigenvalue weighted by atomic mass is 10.1. The number of carbonyl (C=O) groups is 2. The van der Waals surface area contributed by atoms with Crippen LogP contribution < -0.4 is 10.6 Å². The van der Waals surface area contributed by atoms with Gasteiger partial charge in [-0.3, -0.25) is 9.59 Å². The second kappa shape index (κ2) is 10.9. The van der Waals surface area contributed by atoms with Crippen molar-refractivity contribution in [2.75, 3.05) is 25.5 Å². The van der Waals surface area contributed by atoms with Crippen molar-refractivity contribution < 1.29 is 14.3 Å². The van der Waals surface area contributed by atoms with E-state index in [1.165, 1.54) is 0 Å². The lowest BCUT2D eigenvalue weighted by molar-refractivity contribution is -0.143. The monoisotopic (exact) mass is 459 g/mol. The number of esters is 1. The molecule has 2 N–H and O–H groups in total. The van der Waals surface area contributed by atoms with Gasteiger partial charge < -0.3 is 20.3 Å². The first-order valence-electron chi connectivity index (χ1n) is 9.76. The molecule has 2 aromatic carbocycles. The zero-order valence-corrected chi connectivity index (χ0v) is 18.5. The maximum atomic E-state index is 12.3. The van der Waals surface area contributed by atoms with E-state index in [1.54, 1.807) is 24.4 Å². The molecule has 6 nitrogen and oxygen atoms in total. The lowest BCUT2D eigenvalue weighted by Gasteiger charge is -2.16. The standard InChI is InChI=1S/C23H23Cl2N3O3/c1-28-12-5-7-17(15-28)23(30)26-11-13-31-21(29)14-16-6-2-3-10-20(16)27-22-18(24)8-4-9-19(22)25/h2-6,8-10,12,15,27H,7,11,13-14H2,1H3,(H,26,30). The van der Waals surface area contributed by atoms with Gasteiger partial charge in [-0.15, -0.1) is 0 Å². The van der Waals surface area contributed by atoms with Crippen LogP contribution in [0.1, 0.15) is 12.0 Å². The number of benzene rings is 2. The fourth-order valence-electron chi connectivity index (χ4n) is 3.04. The predicted molar refractivity (Wildman–Crippen MR) is 123 cm³/mol. The van der Waals surface area contributed by atoms with Gasteiger partial charge in [-0.05, 0) is 36.4 Å². The minimum absolute atomic E-state index is 0.0694. The molecule has 0 atom stereocenters. The maximum Gasteiger partial charge on any atom is 0.310 e. The van der Waals surface area contributed by atoms with Crippen molar-refractivity contribution in [1.82, 2.24) is 10.2 Å². The molecule has 0 radical (unpaired) electrons. The van der Waals surface area contributed by atoms with Crippen LogP contribution in [-0.4, -0.2) is 37.0 Å². The average molecular weight is 460 g/mol. The molecule has 0 spiro atoms. The summed E-state index contributed by atoms with van der Waals surface area (Å²) in [4.78, 5) is 26.3. The average Bonchev–Trinajstić information content (AvgIpc) is 2.75. The molecule has 3 rings (SSSR count). The van der Waals surface area contributed by atoms with Gasteiger partial charge in [0.05, 0.1) is 28.7 Å². The zero-order chi connectivity index (χ0) is 22.2. The van der Waals surface area contributed by atoms with E-state index in [0.29, 0.717) is 33.4 Å². The van der Waals surface area contributed by atoms with Gasteiger partial charge in [0.15, 0.2) is 0 Å². The van der Waals surface area contributed by atoms with Gasteiger partial charge in [0.2, 0.25) is 5.91 Å². The van der Waals surface area contributed by atoms with Crippen molar-refractivity contribution in [3.63, 3.8) is 0 Å². The van der Waals surface area contributed by atoms with Gasteiger partial charge >= 0.3 is 5.97 Å². The lowest BCUT2D eigenvalue weighted by Crippen LogP contribution is -2.30. The van der Waals surface area contributed by atoms with Crippen LogP contribution in [-0.2, 0) is 20.7 Å². The molecular weight excluding hydrogens is 437 g/mol. The number of rotatable bonds is 8. The quantitative estimate of drug-likeness (QED) is 0.443. The molecule has 0 saturated heterocycles. The number of amides is 1. The number of ether oxygens (including phenoxy) is 1. The fraction of sp³-hybridized carbons (Fsp3) is 0.217. The molecule has 0 aromatic heterocycles. The van der Waals surface area contributed by atoms with E-state index < -0.39 is 5.97 Å². The summed E-state index contributed by atoms with van der Waals surface area (Å²) in [6.45, 7) is 0.333. The van der Waals surface area contributed by atoms with Gasteiger partial charge in [0.25, 0.3) is 0 Å². The molecule has 1 amide bonds. The third-order valence-corrected chi connectivity index (χ3v) is 5.18. The molecule has 0 saturated carbocycles. The Morgan fingerprint density at radius 1 is 1.10 bits per heavy atom. The van der Waals surface area contributed by atoms with E-state index >= 15 is 0 Å². The molecule has 1 aliphatic rings. The van der Waals surface area contributed by atoms with Crippen molar-refractivity contribution in [2.24, 2.45) is 0 Å². The molecule has 0 bridgehead atoms. The fourth-order valence-corrected chi connectivity index (χ4v) is 3.53. The maximum absolute atomic E-state index is 12.3. The van der Waals surface area contributed by atoms with Crippen molar-refractivity contribution in [2.45, 2.75) is 12.8 Å². The van der Waals surface area contributed by atoms with Crippen LogP contribution in [0, 0.1) is 0 Å². The van der Waals surface area contributed by atoms with Crippen molar-refractivity contribution in [1.29, 1.82) is 0 Å². The number of halogens is 2. The Labute approximate surface area is 191 Å². The molecule has 1 aliphatic heterocycles. The molecule has 0 fully saturated rings. The Morgan fingerprint density at radius 3 is 2.58 bits per heavy atom. The summed E-state index contributed by atoms with van der Waals surface area (Å²) in [6.07, 6.45) is 6.23. The van der Waals surface area contributed by atoms with Crippen LogP contribution in [0.25, 0.3) is 0 Å². The number of hydrogen-bond donors (Lipinski definition) is 2. The molecule has 2 aromatic rings. The van der Waals surface area contributed by atoms with Crippen LogP contribution in [0.2, 0.25) is 10.0 Å². The summed E-state index contributed by atoms with van der Waals surface area (Å²) in [5, 5.41) is 6.92. The normalized spacial score (nSPS) is 12.9. The number of nitrogens with one attached hydrogen (secondary N) is 2. The highest BCUT2D eigenvalue weighted by Crippen LogP contribution is 2.33. The SMILES string of the molecule is CN1C=CCC(C(=O)NCCOC(=O)Cc2ccccc2Nc2c(Cl)cccc2Cl)=C1. The Balaban J connectivity index is 1.50. The zero-order valence-electron chi connectivity index (χ0n) is 17.0. The van der Waals surface area contributed by atoms with Gasteiger partial charge in [0.1, 0.15) is 6.61 Å². The van der Waals surface area contributed by atoms with Gasteiger partial charge in [0, 0.05) is 24.5 Å². The summed E-state index contributed by atoms with van der Waals surface area (Å²) < 4.78 is 5.28. The highest BCUT2D eigenvalue weighted by Gasteiger charge is 2.13. The molecular formula is C23H23Cl2N3O3. The van der Waals surface area contributed by atoms with Crippen molar-refractivity contribution in [3.05, 3.63) is 82.1 Å². The van der Waals surface area contributed by atoms with Gasteiger partial charge in [-0.2, -0.15) is 0 Å². The van der Waals surface area contributed by atoms with E-state index in [4.69, 9.17) is 27.9 Å². The number of para-hydroxylation sites is 2. The van der Waals surface area contributed by atoms with E-state index in [0.717, 1.165) is 5.56 Å². The minimum Gasteiger partial charge on any atom is -0.464 e. The van der Waals surface area contributed by atoms with Gasteiger partial charge in [-0.1, -0.05) is 53.5 Å². The first kappa shape index (κ1) is 22.7. The molecule has 0 unspecified atom stereocenters. The van der Waals surface area contributed by atoms with Crippen LogP contribution in [0.3, 0.4) is 0 Å². The Morgan fingerprint density at radius 2 is 1.84 bits per heavy atom. The number of nitrogens with zero attached hydrogens (tertiary/aromatic N) is 1. The largest absolute Gasteiger partial charge is 0.464 e. The first-order valence-corrected chi connectivity index (χ1v) is 10.5. The number of carbonyl (C=O) groups excluding carboxylic acids is 2. The van der Waals surface area contributed by atoms with Crippen molar-refractivity contribution >= 4 is 46.5 Å². The third kappa shape index (κ3) is 6.51. The van der Waals surface area contributed by atoms with E-state index in [2.05, 4.69) is 10.6 Å². The Hall–Kier alpha value is -2.96. The van der Waals surface area contributed by atoms with Crippen LogP contribution in [0.15, 0.2) is 66.5 Å². The summed E-state index contributed by atoms with van der Waals surface area (Å²) in [5.41, 5.74) is 2.69. The van der Waals surface area contributed by atoms with E-state index in [-0.39, 0.29) is 25.5 Å². The Kier molecular flexibility index (Phi) is 7.98. The Bertz CT molecular complexity index is 1000. The molecule has 162 valence electrons. The predicted octanol–water partition coefficient (Wildman–Crippen LogP) is 4.67. The minimum atomic E-state index is -0.395. The first-order chi connectivity index (χ1) is 14.9. The molecule has 1 heterocycles. The molecule has 8 heteroatoms. The summed E-state index contributed by atoms with van der Waals surface area (Å²) >= 11 is 12.5. The van der Waals surface area contributed by atoms with Crippen LogP contribution in [0.4, 0.5) is 11.4 Å². The van der Waals surface area contributed by atoms with Crippen molar-refractivity contribution in [3.8, 4) is 0 Å². The molecule has 31 heavy (non-hydrogen) atoms. The highest BCUT2D eigenvalue weighted by atomic mass is 35.5. The number of anilines is 2. The number of allylic oxidation sites excluding steroid dienone is 1. The van der Waals surface area contributed by atoms with Crippen LogP contribution >= 0.6 is 23.2 Å². The highest BCUT2D eigenvalue weighted by molar-refractivity contribution is 6.39.